The van der Waals surface area contributed by atoms with Gasteiger partial charge in [0.05, 0.1) is 0 Å². The van der Waals surface area contributed by atoms with Gasteiger partial charge >= 0.3 is 0 Å². The van der Waals surface area contributed by atoms with Crippen molar-refractivity contribution in [1.29, 1.82) is 0 Å². The van der Waals surface area contributed by atoms with Crippen LogP contribution in [0.2, 0.25) is 0 Å². The van der Waals surface area contributed by atoms with Crippen molar-refractivity contribution in [2.75, 3.05) is 33.2 Å². The monoisotopic (exact) mass is 281 g/mol. The highest BCUT2D eigenvalue weighted by Crippen LogP contribution is 2.20. The zero-order valence-corrected chi connectivity index (χ0v) is 13.4. The number of nitrogens with zero attached hydrogens (tertiary/aromatic N) is 2. The first kappa shape index (κ1) is 15.8. The lowest BCUT2D eigenvalue weighted by Gasteiger charge is -2.40. The Hall–Kier alpha value is -0.610. The summed E-state index contributed by atoms with van der Waals surface area (Å²) in [5.41, 5.74) is 0. The lowest BCUT2D eigenvalue weighted by atomic mass is 9.90. The zero-order chi connectivity index (χ0) is 14.5. The summed E-state index contributed by atoms with van der Waals surface area (Å²) >= 11 is 0. The second kappa shape index (κ2) is 7.41. The first-order valence-electron chi connectivity index (χ1n) is 8.29. The van der Waals surface area contributed by atoms with Gasteiger partial charge in [-0.1, -0.05) is 6.92 Å². The van der Waals surface area contributed by atoms with Crippen molar-refractivity contribution in [2.24, 2.45) is 5.92 Å². The predicted molar refractivity (Wildman–Crippen MR) is 82.7 cm³/mol. The molecule has 0 aromatic rings. The van der Waals surface area contributed by atoms with Gasteiger partial charge in [-0.15, -0.1) is 0 Å². The maximum atomic E-state index is 12.1. The van der Waals surface area contributed by atoms with E-state index in [4.69, 9.17) is 0 Å². The number of hydrogen-bond donors (Lipinski definition) is 1. The molecule has 1 amide bonds. The quantitative estimate of drug-likeness (QED) is 0.852. The molecular formula is C16H31N3O. The zero-order valence-electron chi connectivity index (χ0n) is 13.4. The molecule has 0 aromatic carbocycles. The molecule has 4 heteroatoms. The fourth-order valence-corrected chi connectivity index (χ4v) is 3.49. The van der Waals surface area contributed by atoms with Crippen LogP contribution in [0.5, 0.6) is 0 Å². The van der Waals surface area contributed by atoms with Crippen LogP contribution >= 0.6 is 0 Å². The maximum absolute atomic E-state index is 12.1. The van der Waals surface area contributed by atoms with Crippen molar-refractivity contribution >= 4 is 5.91 Å². The Morgan fingerprint density at radius 1 is 1.20 bits per heavy atom. The van der Waals surface area contributed by atoms with Gasteiger partial charge < -0.3 is 15.1 Å². The van der Waals surface area contributed by atoms with E-state index in [9.17, 15) is 4.79 Å². The summed E-state index contributed by atoms with van der Waals surface area (Å²) in [6, 6.07) is 1.21. The van der Waals surface area contributed by atoms with Crippen molar-refractivity contribution in [1.82, 2.24) is 15.1 Å². The molecule has 3 atom stereocenters. The van der Waals surface area contributed by atoms with Crippen LogP contribution in [0.4, 0.5) is 0 Å². The minimum absolute atomic E-state index is 0.339. The van der Waals surface area contributed by atoms with E-state index in [-0.39, 0.29) is 0 Å². The first-order chi connectivity index (χ1) is 9.58. The Balaban J connectivity index is 1.68. The number of piperidine rings is 2. The number of rotatable bonds is 4. The van der Waals surface area contributed by atoms with Gasteiger partial charge in [0.15, 0.2) is 0 Å². The van der Waals surface area contributed by atoms with Gasteiger partial charge in [-0.2, -0.15) is 0 Å². The summed E-state index contributed by atoms with van der Waals surface area (Å²) < 4.78 is 0. The molecule has 0 radical (unpaired) electrons. The van der Waals surface area contributed by atoms with Crippen LogP contribution in [0.1, 0.15) is 46.0 Å². The molecular weight excluding hydrogens is 250 g/mol. The van der Waals surface area contributed by atoms with Crippen LogP contribution in [0, 0.1) is 5.92 Å². The Labute approximate surface area is 123 Å². The van der Waals surface area contributed by atoms with Gasteiger partial charge in [-0.3, -0.25) is 4.79 Å². The van der Waals surface area contributed by atoms with E-state index in [0.717, 1.165) is 26.2 Å². The molecule has 4 nitrogen and oxygen atoms in total. The standard InChI is InChI=1S/C16H31N3O/c1-13-12-18(3)14(2)11-15(13)17-8-7-16(20)19-9-5-4-6-10-19/h13-15,17H,4-12H2,1-3H3. The van der Waals surface area contributed by atoms with E-state index in [1.807, 2.05) is 4.90 Å². The third-order valence-electron chi connectivity index (χ3n) is 5.06. The molecule has 2 aliphatic rings. The third kappa shape index (κ3) is 4.19. The SMILES string of the molecule is CC1CN(C)C(C)CC1NCCC(=O)N1CCCCC1. The highest BCUT2D eigenvalue weighted by Gasteiger charge is 2.28. The van der Waals surface area contributed by atoms with Gasteiger partial charge in [0.1, 0.15) is 0 Å². The van der Waals surface area contributed by atoms with Crippen molar-refractivity contribution in [3.8, 4) is 0 Å². The summed E-state index contributed by atoms with van der Waals surface area (Å²) in [4.78, 5) is 16.6. The highest BCUT2D eigenvalue weighted by atomic mass is 16.2. The number of likely N-dealkylation sites (tertiary alicyclic amines) is 2. The Morgan fingerprint density at radius 3 is 2.60 bits per heavy atom. The molecule has 0 bridgehead atoms. The molecule has 0 spiro atoms. The molecule has 2 saturated heterocycles. The Kier molecular flexibility index (Phi) is 5.85. The van der Waals surface area contributed by atoms with Gasteiger partial charge in [0, 0.05) is 44.7 Å². The van der Waals surface area contributed by atoms with E-state index < -0.39 is 0 Å². The van der Waals surface area contributed by atoms with Crippen LogP contribution in [0.15, 0.2) is 0 Å². The molecule has 0 aromatic heterocycles. The molecule has 2 aliphatic heterocycles. The number of carbonyl (C=O) groups is 1. The third-order valence-corrected chi connectivity index (χ3v) is 5.06. The van der Waals surface area contributed by atoms with E-state index in [1.54, 1.807) is 0 Å². The van der Waals surface area contributed by atoms with Crippen LogP contribution in [0.25, 0.3) is 0 Å². The molecule has 3 unspecified atom stereocenters. The topological polar surface area (TPSA) is 35.6 Å². The summed E-state index contributed by atoms with van der Waals surface area (Å²) in [5.74, 6) is 1.01. The summed E-state index contributed by atoms with van der Waals surface area (Å²) in [6.07, 6.45) is 5.50. The smallest absolute Gasteiger partial charge is 0.223 e. The largest absolute Gasteiger partial charge is 0.343 e. The normalized spacial score (nSPS) is 32.4. The van der Waals surface area contributed by atoms with Gasteiger partial charge in [0.2, 0.25) is 5.91 Å². The van der Waals surface area contributed by atoms with Crippen LogP contribution in [-0.2, 0) is 4.79 Å². The second-order valence-electron chi connectivity index (χ2n) is 6.75. The van der Waals surface area contributed by atoms with E-state index in [2.05, 4.69) is 31.1 Å². The van der Waals surface area contributed by atoms with Crippen LogP contribution in [-0.4, -0.2) is 61.0 Å². The van der Waals surface area contributed by atoms with Crippen LogP contribution in [0.3, 0.4) is 0 Å². The lowest BCUT2D eigenvalue weighted by molar-refractivity contribution is -0.132. The lowest BCUT2D eigenvalue weighted by Crippen LogP contribution is -2.51. The number of nitrogens with one attached hydrogen (secondary N) is 1. The molecule has 0 saturated carbocycles. The van der Waals surface area contributed by atoms with E-state index in [1.165, 1.54) is 25.7 Å². The van der Waals surface area contributed by atoms with Gasteiger partial charge in [-0.05, 0) is 45.6 Å². The Morgan fingerprint density at radius 2 is 1.90 bits per heavy atom. The number of carbonyl (C=O) groups excluding carboxylic acids is 1. The predicted octanol–water partition coefficient (Wildman–Crippen LogP) is 1.71. The second-order valence-corrected chi connectivity index (χ2v) is 6.75. The maximum Gasteiger partial charge on any atom is 0.223 e. The van der Waals surface area contributed by atoms with Gasteiger partial charge in [0.25, 0.3) is 0 Å². The van der Waals surface area contributed by atoms with Crippen molar-refractivity contribution in [3.05, 3.63) is 0 Å². The minimum Gasteiger partial charge on any atom is -0.343 e. The highest BCUT2D eigenvalue weighted by molar-refractivity contribution is 5.76. The minimum atomic E-state index is 0.339. The van der Waals surface area contributed by atoms with Crippen molar-refractivity contribution in [2.45, 2.75) is 58.0 Å². The van der Waals surface area contributed by atoms with Crippen molar-refractivity contribution < 1.29 is 4.79 Å². The molecule has 20 heavy (non-hydrogen) atoms. The number of amides is 1. The number of hydrogen-bond acceptors (Lipinski definition) is 3. The molecule has 2 fully saturated rings. The van der Waals surface area contributed by atoms with E-state index >= 15 is 0 Å². The summed E-state index contributed by atoms with van der Waals surface area (Å²) in [6.45, 7) is 8.53. The average molecular weight is 281 g/mol. The molecule has 116 valence electrons. The fourth-order valence-electron chi connectivity index (χ4n) is 3.49. The Bertz CT molecular complexity index is 315. The van der Waals surface area contributed by atoms with Gasteiger partial charge in [-0.25, -0.2) is 0 Å². The summed E-state index contributed by atoms with van der Waals surface area (Å²) in [7, 11) is 2.21. The molecule has 2 rings (SSSR count). The fraction of sp³-hybridized carbons (Fsp3) is 0.938. The first-order valence-corrected chi connectivity index (χ1v) is 8.29. The molecule has 2 heterocycles. The van der Waals surface area contributed by atoms with E-state index in [0.29, 0.717) is 30.3 Å². The molecule has 1 N–H and O–H groups in total. The average Bonchev–Trinajstić information content (AvgIpc) is 2.45. The molecule has 0 aliphatic carbocycles. The van der Waals surface area contributed by atoms with Crippen LogP contribution < -0.4 is 5.32 Å². The van der Waals surface area contributed by atoms with Crippen molar-refractivity contribution in [3.63, 3.8) is 0 Å². The summed E-state index contributed by atoms with van der Waals surface area (Å²) in [5, 5.41) is 3.62.